The Kier molecular flexibility index (Phi) is 2.88. The van der Waals surface area contributed by atoms with E-state index in [1.165, 1.54) is 5.56 Å². The number of aromatic nitrogens is 4. The van der Waals surface area contributed by atoms with E-state index in [1.54, 1.807) is 0 Å². The third-order valence-electron chi connectivity index (χ3n) is 1.93. The molecule has 1 heterocycles. The van der Waals surface area contributed by atoms with E-state index in [1.807, 2.05) is 12.1 Å². The first kappa shape index (κ1) is 9.33. The summed E-state index contributed by atoms with van der Waals surface area (Å²) in [6.45, 7) is 0. The largest absolute Gasteiger partial charge is 0.239 e. The number of nitrogens with zero attached hydrogens (tertiary/aromatic N) is 3. The molecule has 0 aliphatic heterocycles. The Labute approximate surface area is 89.9 Å². The van der Waals surface area contributed by atoms with Crippen LogP contribution in [0.25, 0.3) is 11.4 Å². The Morgan fingerprint density at radius 3 is 3.00 bits per heavy atom. The summed E-state index contributed by atoms with van der Waals surface area (Å²) in [7, 11) is 0. The molecule has 1 aromatic carbocycles. The van der Waals surface area contributed by atoms with Crippen LogP contribution in [0.4, 0.5) is 0 Å². The minimum absolute atomic E-state index is 0.710. The average molecular weight is 253 g/mol. The number of hydrogen-bond donors (Lipinski definition) is 1. The van der Waals surface area contributed by atoms with Gasteiger partial charge in [0.2, 0.25) is 0 Å². The van der Waals surface area contributed by atoms with Crippen LogP contribution in [0.5, 0.6) is 0 Å². The fourth-order valence-electron chi connectivity index (χ4n) is 1.26. The van der Waals surface area contributed by atoms with E-state index < -0.39 is 0 Å². The van der Waals surface area contributed by atoms with Crippen LogP contribution in [0.3, 0.4) is 0 Å². The highest BCUT2D eigenvalue weighted by atomic mass is 79.9. The lowest BCUT2D eigenvalue weighted by molar-refractivity contribution is 0.881. The number of benzene rings is 1. The zero-order valence-corrected chi connectivity index (χ0v) is 9.03. The summed E-state index contributed by atoms with van der Waals surface area (Å²) in [5.74, 6) is 0.710. The fraction of sp³-hybridized carbons (Fsp3) is 0.222. The van der Waals surface area contributed by atoms with Crippen molar-refractivity contribution in [3.8, 4) is 11.4 Å². The van der Waals surface area contributed by atoms with E-state index >= 15 is 0 Å². The number of nitrogens with one attached hydrogen (secondary N) is 1. The van der Waals surface area contributed by atoms with E-state index in [9.17, 15) is 0 Å². The third-order valence-corrected chi connectivity index (χ3v) is 2.33. The molecule has 0 fully saturated rings. The first-order valence-electron chi connectivity index (χ1n) is 4.29. The number of H-pyrrole nitrogens is 1. The van der Waals surface area contributed by atoms with Crippen molar-refractivity contribution in [2.75, 3.05) is 5.33 Å². The van der Waals surface area contributed by atoms with E-state index in [2.05, 4.69) is 48.7 Å². The molecule has 0 radical (unpaired) electrons. The van der Waals surface area contributed by atoms with Crippen LogP contribution >= 0.6 is 15.9 Å². The maximum absolute atomic E-state index is 3.86. The van der Waals surface area contributed by atoms with Gasteiger partial charge in [-0.05, 0) is 28.5 Å². The predicted molar refractivity (Wildman–Crippen MR) is 57.1 cm³/mol. The molecule has 0 aliphatic rings. The maximum Gasteiger partial charge on any atom is 0.179 e. The van der Waals surface area contributed by atoms with Gasteiger partial charge in [0.05, 0.1) is 0 Å². The summed E-state index contributed by atoms with van der Waals surface area (Å²) >= 11 is 3.41. The standard InChI is InChI=1S/C9H9BrN4/c10-5-4-7-2-1-3-8(6-7)9-11-13-14-12-9/h1-3,6H,4-5H2,(H,11,12,13,14). The number of hydrogen-bond acceptors (Lipinski definition) is 3. The Balaban J connectivity index is 2.31. The van der Waals surface area contributed by atoms with E-state index in [0.29, 0.717) is 5.82 Å². The Morgan fingerprint density at radius 1 is 1.36 bits per heavy atom. The molecule has 0 bridgehead atoms. The SMILES string of the molecule is BrCCc1cccc(-c2nnn[nH]2)c1. The van der Waals surface area contributed by atoms with Gasteiger partial charge < -0.3 is 0 Å². The topological polar surface area (TPSA) is 54.5 Å². The Hall–Kier alpha value is -1.23. The van der Waals surface area contributed by atoms with Crippen molar-refractivity contribution in [1.82, 2.24) is 20.6 Å². The van der Waals surface area contributed by atoms with Crippen LogP contribution in [-0.4, -0.2) is 26.0 Å². The summed E-state index contributed by atoms with van der Waals surface area (Å²) in [4.78, 5) is 0. The highest BCUT2D eigenvalue weighted by Crippen LogP contribution is 2.15. The van der Waals surface area contributed by atoms with Gasteiger partial charge in [0.1, 0.15) is 0 Å². The predicted octanol–water partition coefficient (Wildman–Crippen LogP) is 1.80. The molecule has 14 heavy (non-hydrogen) atoms. The van der Waals surface area contributed by atoms with Gasteiger partial charge in [-0.25, -0.2) is 5.10 Å². The Bertz CT molecular complexity index is 399. The van der Waals surface area contributed by atoms with Gasteiger partial charge in [-0.2, -0.15) is 0 Å². The van der Waals surface area contributed by atoms with Crippen LogP contribution < -0.4 is 0 Å². The molecule has 72 valence electrons. The monoisotopic (exact) mass is 252 g/mol. The molecule has 0 atom stereocenters. The smallest absolute Gasteiger partial charge is 0.179 e. The number of rotatable bonds is 3. The molecule has 1 N–H and O–H groups in total. The summed E-state index contributed by atoms with van der Waals surface area (Å²) in [6, 6.07) is 8.17. The van der Waals surface area contributed by atoms with Crippen molar-refractivity contribution in [3.05, 3.63) is 29.8 Å². The molecular formula is C9H9BrN4. The normalized spacial score (nSPS) is 10.4. The lowest BCUT2D eigenvalue weighted by Crippen LogP contribution is -1.87. The fourth-order valence-corrected chi connectivity index (χ4v) is 1.72. The highest BCUT2D eigenvalue weighted by molar-refractivity contribution is 9.09. The minimum atomic E-state index is 0.710. The summed E-state index contributed by atoms with van der Waals surface area (Å²) in [6.07, 6.45) is 1.01. The number of aryl methyl sites for hydroxylation is 1. The van der Waals surface area contributed by atoms with Crippen LogP contribution in [0.1, 0.15) is 5.56 Å². The van der Waals surface area contributed by atoms with Crippen molar-refractivity contribution in [2.45, 2.75) is 6.42 Å². The van der Waals surface area contributed by atoms with E-state index in [4.69, 9.17) is 0 Å². The van der Waals surface area contributed by atoms with Crippen LogP contribution in [-0.2, 0) is 6.42 Å². The quantitative estimate of drug-likeness (QED) is 0.848. The minimum Gasteiger partial charge on any atom is -0.239 e. The molecule has 2 rings (SSSR count). The molecule has 4 nitrogen and oxygen atoms in total. The second-order valence-corrected chi connectivity index (χ2v) is 3.68. The lowest BCUT2D eigenvalue weighted by Gasteiger charge is -1.99. The van der Waals surface area contributed by atoms with Crippen LogP contribution in [0, 0.1) is 0 Å². The summed E-state index contributed by atoms with van der Waals surface area (Å²) in [5.41, 5.74) is 2.30. The van der Waals surface area contributed by atoms with Crippen LogP contribution in [0.2, 0.25) is 0 Å². The van der Waals surface area contributed by atoms with Gasteiger partial charge in [-0.1, -0.05) is 34.1 Å². The maximum atomic E-state index is 3.86. The molecular weight excluding hydrogens is 244 g/mol. The number of tetrazole rings is 1. The molecule has 1 aromatic heterocycles. The van der Waals surface area contributed by atoms with Gasteiger partial charge >= 0.3 is 0 Å². The molecule has 5 heteroatoms. The lowest BCUT2D eigenvalue weighted by atomic mass is 10.1. The van der Waals surface area contributed by atoms with Gasteiger partial charge in [0.25, 0.3) is 0 Å². The third kappa shape index (κ3) is 1.98. The molecule has 0 aliphatic carbocycles. The van der Waals surface area contributed by atoms with Gasteiger partial charge in [-0.15, -0.1) is 5.10 Å². The second kappa shape index (κ2) is 4.32. The van der Waals surface area contributed by atoms with Crippen molar-refractivity contribution < 1.29 is 0 Å². The van der Waals surface area contributed by atoms with Gasteiger partial charge in [0, 0.05) is 10.9 Å². The van der Waals surface area contributed by atoms with E-state index in [-0.39, 0.29) is 0 Å². The Morgan fingerprint density at radius 2 is 2.29 bits per heavy atom. The van der Waals surface area contributed by atoms with Gasteiger partial charge in [-0.3, -0.25) is 0 Å². The van der Waals surface area contributed by atoms with Crippen LogP contribution in [0.15, 0.2) is 24.3 Å². The molecule has 0 unspecified atom stereocenters. The van der Waals surface area contributed by atoms with Crippen molar-refractivity contribution in [3.63, 3.8) is 0 Å². The number of alkyl halides is 1. The zero-order valence-electron chi connectivity index (χ0n) is 7.44. The number of aromatic amines is 1. The molecule has 2 aromatic rings. The van der Waals surface area contributed by atoms with Gasteiger partial charge in [0.15, 0.2) is 5.82 Å². The van der Waals surface area contributed by atoms with Crippen molar-refractivity contribution >= 4 is 15.9 Å². The summed E-state index contributed by atoms with van der Waals surface area (Å²) in [5, 5.41) is 14.6. The molecule has 0 saturated heterocycles. The molecule has 0 amide bonds. The first-order chi connectivity index (χ1) is 6.90. The molecule has 0 spiro atoms. The zero-order chi connectivity index (χ0) is 9.80. The second-order valence-electron chi connectivity index (χ2n) is 2.89. The van der Waals surface area contributed by atoms with Crippen molar-refractivity contribution in [2.24, 2.45) is 0 Å². The first-order valence-corrected chi connectivity index (χ1v) is 5.41. The molecule has 0 saturated carbocycles. The highest BCUT2D eigenvalue weighted by Gasteiger charge is 2.01. The number of halogens is 1. The average Bonchev–Trinajstić information content (AvgIpc) is 2.71. The van der Waals surface area contributed by atoms with E-state index in [0.717, 1.165) is 17.3 Å². The summed E-state index contributed by atoms with van der Waals surface area (Å²) < 4.78 is 0. The van der Waals surface area contributed by atoms with Crippen molar-refractivity contribution in [1.29, 1.82) is 0 Å².